The van der Waals surface area contributed by atoms with Gasteiger partial charge in [-0.2, -0.15) is 0 Å². The van der Waals surface area contributed by atoms with Gasteiger partial charge in [-0.25, -0.2) is 0 Å². The average Bonchev–Trinajstić information content (AvgIpc) is 3.16. The number of nitrogens with zero attached hydrogens (tertiary/aromatic N) is 2. The normalized spacial score (nSPS) is 21.4. The van der Waals surface area contributed by atoms with Gasteiger partial charge in [-0.1, -0.05) is 6.07 Å². The highest BCUT2D eigenvalue weighted by atomic mass is 16.4. The molecule has 96 valence electrons. The first-order valence-corrected chi connectivity index (χ1v) is 5.96. The Bertz CT molecular complexity index is 447. The number of carboxylic acid groups (broad SMARTS) is 1. The molecule has 0 spiro atoms. The Morgan fingerprint density at radius 3 is 2.94 bits per heavy atom. The third-order valence-electron chi connectivity index (χ3n) is 3.26. The van der Waals surface area contributed by atoms with Gasteiger partial charge in [-0.3, -0.25) is 14.6 Å². The van der Waals surface area contributed by atoms with Crippen LogP contribution in [0, 0.1) is 5.92 Å². The summed E-state index contributed by atoms with van der Waals surface area (Å²) in [5, 5.41) is 8.58. The fraction of sp³-hybridized carbons (Fsp3) is 0.462. The Labute approximate surface area is 105 Å². The first-order valence-electron chi connectivity index (χ1n) is 5.96. The number of carboxylic acids is 1. The van der Waals surface area contributed by atoms with Crippen molar-refractivity contribution in [3.8, 4) is 0 Å². The van der Waals surface area contributed by atoms with Gasteiger partial charge in [0.2, 0.25) is 5.91 Å². The van der Waals surface area contributed by atoms with Crippen molar-refractivity contribution in [3.63, 3.8) is 0 Å². The third kappa shape index (κ3) is 2.85. The molecule has 1 amide bonds. The quantitative estimate of drug-likeness (QED) is 0.847. The van der Waals surface area contributed by atoms with Crippen molar-refractivity contribution in [1.29, 1.82) is 0 Å². The van der Waals surface area contributed by atoms with E-state index in [1.807, 2.05) is 12.1 Å². The van der Waals surface area contributed by atoms with Crippen LogP contribution in [0.1, 0.15) is 24.3 Å². The molecule has 1 aromatic heterocycles. The molecule has 2 atom stereocenters. The molecule has 1 heterocycles. The lowest BCUT2D eigenvalue weighted by Gasteiger charge is -2.15. The van der Waals surface area contributed by atoms with Crippen LogP contribution in [0.25, 0.3) is 0 Å². The summed E-state index contributed by atoms with van der Waals surface area (Å²) in [7, 11) is 1.66. The van der Waals surface area contributed by atoms with Crippen molar-refractivity contribution in [2.45, 2.75) is 18.8 Å². The highest BCUT2D eigenvalue weighted by Gasteiger charge is 2.45. The standard InChI is InChI=1S/C13H16N2O3/c1-15(6-4-12(16)17)13(18)11-7-10(11)9-3-2-5-14-8-9/h2-3,5,8,10-11H,4,6-7H2,1H3,(H,16,17). The molecule has 1 aliphatic carbocycles. The van der Waals surface area contributed by atoms with Gasteiger partial charge in [0.15, 0.2) is 0 Å². The first kappa shape index (κ1) is 12.5. The van der Waals surface area contributed by atoms with Gasteiger partial charge < -0.3 is 10.0 Å². The van der Waals surface area contributed by atoms with Gasteiger partial charge in [0.25, 0.3) is 0 Å². The second-order valence-corrected chi connectivity index (χ2v) is 4.64. The summed E-state index contributed by atoms with van der Waals surface area (Å²) in [6.07, 6.45) is 4.32. The Kier molecular flexibility index (Phi) is 3.60. The van der Waals surface area contributed by atoms with Crippen molar-refractivity contribution in [3.05, 3.63) is 30.1 Å². The smallest absolute Gasteiger partial charge is 0.305 e. The lowest BCUT2D eigenvalue weighted by atomic mass is 10.1. The van der Waals surface area contributed by atoms with Gasteiger partial charge in [0, 0.05) is 31.9 Å². The maximum absolute atomic E-state index is 12.0. The molecule has 0 radical (unpaired) electrons. The van der Waals surface area contributed by atoms with Crippen LogP contribution in [0.15, 0.2) is 24.5 Å². The number of hydrogen-bond donors (Lipinski definition) is 1. The number of hydrogen-bond acceptors (Lipinski definition) is 3. The third-order valence-corrected chi connectivity index (χ3v) is 3.26. The topological polar surface area (TPSA) is 70.5 Å². The molecule has 1 aromatic rings. The van der Waals surface area contributed by atoms with E-state index in [0.29, 0.717) is 0 Å². The van der Waals surface area contributed by atoms with Crippen molar-refractivity contribution in [2.24, 2.45) is 5.92 Å². The zero-order valence-corrected chi connectivity index (χ0v) is 10.2. The summed E-state index contributed by atoms with van der Waals surface area (Å²) in [5.74, 6) is -0.606. The SMILES string of the molecule is CN(CCC(=O)O)C(=O)C1CC1c1cccnc1. The first-order chi connectivity index (χ1) is 8.59. The highest BCUT2D eigenvalue weighted by molar-refractivity contribution is 5.83. The number of aromatic nitrogens is 1. The van der Waals surface area contributed by atoms with Crippen LogP contribution in [-0.4, -0.2) is 40.5 Å². The van der Waals surface area contributed by atoms with E-state index < -0.39 is 5.97 Å². The lowest BCUT2D eigenvalue weighted by Crippen LogP contribution is -2.30. The maximum Gasteiger partial charge on any atom is 0.305 e. The van der Waals surface area contributed by atoms with E-state index in [1.165, 1.54) is 4.90 Å². The Balaban J connectivity index is 1.87. The predicted octanol–water partition coefficient (Wildman–Crippen LogP) is 1.12. The van der Waals surface area contributed by atoms with Crippen molar-refractivity contribution in [2.75, 3.05) is 13.6 Å². The maximum atomic E-state index is 12.0. The van der Waals surface area contributed by atoms with E-state index in [9.17, 15) is 9.59 Å². The zero-order valence-electron chi connectivity index (χ0n) is 10.2. The summed E-state index contributed by atoms with van der Waals surface area (Å²) in [6, 6.07) is 3.84. The molecule has 1 fully saturated rings. The van der Waals surface area contributed by atoms with Crippen LogP contribution < -0.4 is 0 Å². The van der Waals surface area contributed by atoms with Gasteiger partial charge in [-0.15, -0.1) is 0 Å². The largest absolute Gasteiger partial charge is 0.481 e. The van der Waals surface area contributed by atoms with Crippen LogP contribution >= 0.6 is 0 Å². The number of rotatable bonds is 5. The average molecular weight is 248 g/mol. The minimum absolute atomic E-state index is 0.00649. The molecule has 1 aliphatic rings. The second-order valence-electron chi connectivity index (χ2n) is 4.64. The summed E-state index contributed by atoms with van der Waals surface area (Å²) < 4.78 is 0. The number of pyridine rings is 1. The van der Waals surface area contributed by atoms with Gasteiger partial charge in [0.05, 0.1) is 6.42 Å². The zero-order chi connectivity index (χ0) is 13.1. The molecule has 2 unspecified atom stereocenters. The van der Waals surface area contributed by atoms with Crippen molar-refractivity contribution in [1.82, 2.24) is 9.88 Å². The van der Waals surface area contributed by atoms with E-state index in [0.717, 1.165) is 12.0 Å². The van der Waals surface area contributed by atoms with Crippen LogP contribution in [0.2, 0.25) is 0 Å². The minimum Gasteiger partial charge on any atom is -0.481 e. The predicted molar refractivity (Wildman–Crippen MR) is 65.0 cm³/mol. The van der Waals surface area contributed by atoms with E-state index in [-0.39, 0.29) is 30.7 Å². The van der Waals surface area contributed by atoms with E-state index in [2.05, 4.69) is 4.98 Å². The molecule has 0 saturated heterocycles. The minimum atomic E-state index is -0.880. The fourth-order valence-corrected chi connectivity index (χ4v) is 2.09. The van der Waals surface area contributed by atoms with E-state index in [1.54, 1.807) is 19.4 Å². The Morgan fingerprint density at radius 2 is 2.33 bits per heavy atom. The van der Waals surface area contributed by atoms with Crippen molar-refractivity contribution >= 4 is 11.9 Å². The molecule has 0 bridgehead atoms. The monoisotopic (exact) mass is 248 g/mol. The van der Waals surface area contributed by atoms with E-state index in [4.69, 9.17) is 5.11 Å². The molecule has 1 saturated carbocycles. The molecule has 2 rings (SSSR count). The number of amides is 1. The van der Waals surface area contributed by atoms with Crippen LogP contribution in [0.5, 0.6) is 0 Å². The fourth-order valence-electron chi connectivity index (χ4n) is 2.09. The number of carbonyl (C=O) groups is 2. The van der Waals surface area contributed by atoms with Crippen LogP contribution in [-0.2, 0) is 9.59 Å². The molecule has 0 aromatic carbocycles. The molecule has 1 N–H and O–H groups in total. The molecular formula is C13H16N2O3. The molecule has 5 nitrogen and oxygen atoms in total. The van der Waals surface area contributed by atoms with Crippen molar-refractivity contribution < 1.29 is 14.7 Å². The van der Waals surface area contributed by atoms with E-state index >= 15 is 0 Å². The second kappa shape index (κ2) is 5.16. The summed E-state index contributed by atoms with van der Waals surface area (Å²) in [4.78, 5) is 28.0. The Morgan fingerprint density at radius 1 is 1.56 bits per heavy atom. The van der Waals surface area contributed by atoms with Gasteiger partial charge in [0.1, 0.15) is 0 Å². The molecular weight excluding hydrogens is 232 g/mol. The Hall–Kier alpha value is -1.91. The summed E-state index contributed by atoms with van der Waals surface area (Å²) >= 11 is 0. The number of carbonyl (C=O) groups excluding carboxylic acids is 1. The van der Waals surface area contributed by atoms with Crippen LogP contribution in [0.4, 0.5) is 0 Å². The van der Waals surface area contributed by atoms with Gasteiger partial charge >= 0.3 is 5.97 Å². The van der Waals surface area contributed by atoms with Crippen LogP contribution in [0.3, 0.4) is 0 Å². The number of aliphatic carboxylic acids is 1. The molecule has 0 aliphatic heterocycles. The summed E-state index contributed by atoms with van der Waals surface area (Å²) in [5.41, 5.74) is 1.09. The lowest BCUT2D eigenvalue weighted by molar-refractivity contribution is -0.138. The molecule has 5 heteroatoms. The van der Waals surface area contributed by atoms with Gasteiger partial charge in [-0.05, 0) is 24.0 Å². The highest BCUT2D eigenvalue weighted by Crippen LogP contribution is 2.48. The summed E-state index contributed by atoms with van der Waals surface area (Å²) in [6.45, 7) is 0.268. The molecule has 18 heavy (non-hydrogen) atoms.